The van der Waals surface area contributed by atoms with E-state index in [0.29, 0.717) is 29.2 Å². The number of methoxy groups -OCH3 is 4. The van der Waals surface area contributed by atoms with Crippen LogP contribution in [0.25, 0.3) is 0 Å². The van der Waals surface area contributed by atoms with Gasteiger partial charge in [0.15, 0.2) is 5.78 Å². The first-order chi connectivity index (χ1) is 12.6. The Kier molecular flexibility index (Phi) is 5.20. The molecule has 0 N–H and O–H groups in total. The van der Waals surface area contributed by atoms with E-state index in [1.807, 2.05) is 0 Å². The zero-order valence-corrected chi connectivity index (χ0v) is 15.6. The van der Waals surface area contributed by atoms with Gasteiger partial charge in [0.25, 0.3) is 0 Å². The van der Waals surface area contributed by atoms with Gasteiger partial charge in [0.2, 0.25) is 0 Å². The Balaban J connectivity index is 2.23. The number of Topliss-reactive ketones (excluding diaryl/α,β-unsaturated/α-hetero) is 1. The van der Waals surface area contributed by atoms with Gasteiger partial charge in [-0.15, -0.1) is 0 Å². The molecule has 0 amide bonds. The predicted octanol–water partition coefficient (Wildman–Crippen LogP) is 3.04. The largest absolute Gasteiger partial charge is 0.496 e. The van der Waals surface area contributed by atoms with Crippen molar-refractivity contribution in [2.24, 2.45) is 5.92 Å². The van der Waals surface area contributed by atoms with Crippen molar-refractivity contribution < 1.29 is 28.5 Å². The molecule has 0 spiro atoms. The second-order valence-corrected chi connectivity index (χ2v) is 6.50. The molecule has 0 bridgehead atoms. The first-order valence-electron chi connectivity index (χ1n) is 8.71. The molecule has 1 aromatic rings. The summed E-state index contributed by atoms with van der Waals surface area (Å²) in [5, 5.41) is 0. The fraction of sp³-hybridized carbons (Fsp3) is 0.500. The fourth-order valence-electron chi connectivity index (χ4n) is 4.14. The fourth-order valence-corrected chi connectivity index (χ4v) is 4.14. The van der Waals surface area contributed by atoms with Crippen molar-refractivity contribution in [3.05, 3.63) is 28.8 Å². The van der Waals surface area contributed by atoms with E-state index in [1.54, 1.807) is 33.5 Å². The van der Waals surface area contributed by atoms with E-state index in [0.717, 1.165) is 30.4 Å². The van der Waals surface area contributed by atoms with Gasteiger partial charge in [0, 0.05) is 23.6 Å². The number of allylic oxidation sites excluding steroid dienone is 2. The average Bonchev–Trinajstić information content (AvgIpc) is 2.98. The monoisotopic (exact) mass is 360 g/mol. The molecule has 6 heteroatoms. The van der Waals surface area contributed by atoms with Crippen LogP contribution in [-0.4, -0.2) is 40.2 Å². The van der Waals surface area contributed by atoms with Gasteiger partial charge in [-0.1, -0.05) is 5.57 Å². The molecule has 0 aromatic heterocycles. The summed E-state index contributed by atoms with van der Waals surface area (Å²) in [5.74, 6) is -0.315. The minimum absolute atomic E-state index is 0.128. The number of rotatable bonds is 5. The molecule has 6 nitrogen and oxygen atoms in total. The summed E-state index contributed by atoms with van der Waals surface area (Å²) in [4.78, 5) is 25.5. The number of hydrogen-bond donors (Lipinski definition) is 0. The van der Waals surface area contributed by atoms with Gasteiger partial charge in [-0.3, -0.25) is 9.59 Å². The minimum Gasteiger partial charge on any atom is -0.496 e. The third kappa shape index (κ3) is 2.83. The number of ketones is 1. The van der Waals surface area contributed by atoms with Crippen molar-refractivity contribution in [2.75, 3.05) is 28.4 Å². The van der Waals surface area contributed by atoms with Crippen molar-refractivity contribution in [1.82, 2.24) is 0 Å². The third-order valence-electron chi connectivity index (χ3n) is 5.32. The molecule has 0 fully saturated rings. The third-order valence-corrected chi connectivity index (χ3v) is 5.32. The van der Waals surface area contributed by atoms with Crippen LogP contribution in [0, 0.1) is 5.92 Å². The molecule has 0 aliphatic heterocycles. The average molecular weight is 360 g/mol. The maximum Gasteiger partial charge on any atom is 0.317 e. The first kappa shape index (κ1) is 18.3. The molecule has 26 heavy (non-hydrogen) atoms. The van der Waals surface area contributed by atoms with Crippen molar-refractivity contribution in [3.63, 3.8) is 0 Å². The highest BCUT2D eigenvalue weighted by molar-refractivity contribution is 6.13. The van der Waals surface area contributed by atoms with Crippen LogP contribution in [0.15, 0.2) is 23.3 Å². The Labute approximate surface area is 153 Å². The molecule has 2 atom stereocenters. The number of hydrogen-bond acceptors (Lipinski definition) is 6. The molecule has 1 aromatic carbocycles. The molecular formula is C20H24O6. The van der Waals surface area contributed by atoms with Crippen molar-refractivity contribution in [3.8, 4) is 17.2 Å². The van der Waals surface area contributed by atoms with Crippen molar-refractivity contribution in [2.45, 2.75) is 31.6 Å². The highest BCUT2D eigenvalue weighted by Gasteiger charge is 2.49. The maximum atomic E-state index is 13.0. The van der Waals surface area contributed by atoms with Crippen LogP contribution in [0.2, 0.25) is 0 Å². The van der Waals surface area contributed by atoms with Crippen LogP contribution < -0.4 is 14.2 Å². The lowest BCUT2D eigenvalue weighted by molar-refractivity contribution is -0.148. The normalized spacial score (nSPS) is 22.1. The smallest absolute Gasteiger partial charge is 0.317 e. The van der Waals surface area contributed by atoms with Gasteiger partial charge >= 0.3 is 5.97 Å². The molecule has 0 saturated heterocycles. The molecule has 2 aliphatic carbocycles. The zero-order valence-electron chi connectivity index (χ0n) is 15.6. The Morgan fingerprint density at radius 2 is 1.58 bits per heavy atom. The van der Waals surface area contributed by atoms with Crippen molar-refractivity contribution >= 4 is 11.8 Å². The second-order valence-electron chi connectivity index (χ2n) is 6.50. The molecule has 3 rings (SSSR count). The Morgan fingerprint density at radius 3 is 2.12 bits per heavy atom. The number of carbonyl (C=O) groups is 2. The Morgan fingerprint density at radius 1 is 0.962 bits per heavy atom. The van der Waals surface area contributed by atoms with Gasteiger partial charge in [-0.25, -0.2) is 0 Å². The number of ether oxygens (including phenoxy) is 4. The van der Waals surface area contributed by atoms with E-state index in [2.05, 4.69) is 0 Å². The van der Waals surface area contributed by atoms with Crippen LogP contribution in [-0.2, 0) is 14.3 Å². The lowest BCUT2D eigenvalue weighted by Gasteiger charge is -2.26. The van der Waals surface area contributed by atoms with Gasteiger partial charge in [0.05, 0.1) is 28.4 Å². The zero-order chi connectivity index (χ0) is 18.8. The van der Waals surface area contributed by atoms with E-state index in [9.17, 15) is 9.59 Å². The summed E-state index contributed by atoms with van der Waals surface area (Å²) in [6.45, 7) is 0. The van der Waals surface area contributed by atoms with E-state index in [4.69, 9.17) is 18.9 Å². The van der Waals surface area contributed by atoms with Crippen LogP contribution in [0.3, 0.4) is 0 Å². The Bertz CT molecular complexity index is 739. The summed E-state index contributed by atoms with van der Waals surface area (Å²) < 4.78 is 21.4. The topological polar surface area (TPSA) is 71.1 Å². The lowest BCUT2D eigenvalue weighted by atomic mass is 9.81. The summed E-state index contributed by atoms with van der Waals surface area (Å²) in [7, 11) is 5.98. The predicted molar refractivity (Wildman–Crippen MR) is 94.8 cm³/mol. The summed E-state index contributed by atoms with van der Waals surface area (Å²) in [5.41, 5.74) is 2.49. The van der Waals surface area contributed by atoms with Crippen LogP contribution in [0.4, 0.5) is 0 Å². The molecule has 2 aliphatic rings. The van der Waals surface area contributed by atoms with Gasteiger partial charge in [-0.05, 0) is 31.3 Å². The molecule has 0 heterocycles. The number of esters is 1. The molecule has 0 unspecified atom stereocenters. The Hall–Kier alpha value is -2.50. The summed E-state index contributed by atoms with van der Waals surface area (Å²) in [6, 6.07) is 3.50. The molecule has 0 saturated carbocycles. The quantitative estimate of drug-likeness (QED) is 0.594. The van der Waals surface area contributed by atoms with Crippen LogP contribution >= 0.6 is 0 Å². The first-order valence-corrected chi connectivity index (χ1v) is 8.71. The van der Waals surface area contributed by atoms with E-state index >= 15 is 0 Å². The minimum atomic E-state index is -0.890. The van der Waals surface area contributed by atoms with E-state index < -0.39 is 17.8 Å². The van der Waals surface area contributed by atoms with E-state index in [1.165, 1.54) is 7.11 Å². The number of benzene rings is 1. The molecule has 0 radical (unpaired) electrons. The van der Waals surface area contributed by atoms with Gasteiger partial charge < -0.3 is 18.9 Å². The standard InChI is InChI=1S/C20H24O6/c1-23-11-9-14(24-2)17(15(10-11)25-3)16-12-7-5-6-8-13(12)19(21)18(16)20(22)26-4/h9-10,16,18H,5-8H2,1-4H3/t16-,18-/m0/s1. The number of carbonyl (C=O) groups excluding carboxylic acids is 2. The van der Waals surface area contributed by atoms with Crippen molar-refractivity contribution in [1.29, 1.82) is 0 Å². The highest BCUT2D eigenvalue weighted by atomic mass is 16.5. The maximum absolute atomic E-state index is 13.0. The van der Waals surface area contributed by atoms with Crippen LogP contribution in [0.5, 0.6) is 17.2 Å². The van der Waals surface area contributed by atoms with Gasteiger partial charge in [0.1, 0.15) is 23.2 Å². The SMILES string of the molecule is COC(=O)[C@@H]1C(=O)C2=C(CCCC2)[C@H]1c1c(OC)cc(OC)cc1OC. The summed E-state index contributed by atoms with van der Waals surface area (Å²) in [6.07, 6.45) is 3.45. The van der Waals surface area contributed by atoms with Gasteiger partial charge in [-0.2, -0.15) is 0 Å². The molecular weight excluding hydrogens is 336 g/mol. The second kappa shape index (κ2) is 7.40. The highest BCUT2D eigenvalue weighted by Crippen LogP contribution is 2.53. The van der Waals surface area contributed by atoms with Crippen LogP contribution in [0.1, 0.15) is 37.2 Å². The summed E-state index contributed by atoms with van der Waals surface area (Å²) >= 11 is 0. The lowest BCUT2D eigenvalue weighted by Crippen LogP contribution is -2.27. The molecule has 140 valence electrons. The van der Waals surface area contributed by atoms with E-state index in [-0.39, 0.29) is 5.78 Å².